The Bertz CT molecular complexity index is 1450. The molecule has 45 heavy (non-hydrogen) atoms. The molecule has 3 aromatic rings. The number of nitrogens with zero attached hydrogens (tertiary/aromatic N) is 1. The molecule has 2 heterocycles. The molecule has 5 N–H and O–H groups in total. The average molecular weight is 638 g/mol. The smallest absolute Gasteiger partial charge is 0.244 e. The molecule has 0 aliphatic carbocycles. The van der Waals surface area contributed by atoms with Crippen LogP contribution in [0.5, 0.6) is 11.5 Å². The second kappa shape index (κ2) is 15.8. The Morgan fingerprint density at radius 1 is 0.956 bits per heavy atom. The summed E-state index contributed by atoms with van der Waals surface area (Å²) in [5.74, 6) is -0.614. The lowest BCUT2D eigenvalue weighted by Crippen LogP contribution is -2.59. The number of phenols is 1. The molecule has 0 saturated heterocycles. The van der Waals surface area contributed by atoms with Gasteiger partial charge in [0.1, 0.15) is 30.2 Å². The van der Waals surface area contributed by atoms with E-state index in [0.717, 1.165) is 16.9 Å². The van der Waals surface area contributed by atoms with E-state index in [2.05, 4.69) is 28.2 Å². The van der Waals surface area contributed by atoms with E-state index in [0.29, 0.717) is 13.0 Å². The SMILES string of the molecule is CC(C)[C@H]1NC(=O)[C@@H](Cc2ccc(O)c(Cl)c2)N[C@@H](C)COc2ccccc2C[C@H](C)CNC(=O)[C@H](Cn2cccc2)NC1=O. The third-order valence-corrected chi connectivity index (χ3v) is 8.15. The quantitative estimate of drug-likeness (QED) is 0.291. The van der Waals surface area contributed by atoms with Crippen LogP contribution in [0.2, 0.25) is 5.02 Å². The van der Waals surface area contributed by atoms with Crippen molar-refractivity contribution in [3.63, 3.8) is 0 Å². The van der Waals surface area contributed by atoms with Crippen molar-refractivity contribution in [1.29, 1.82) is 0 Å². The molecule has 11 heteroatoms. The number of hydrogen-bond donors (Lipinski definition) is 5. The van der Waals surface area contributed by atoms with Crippen molar-refractivity contribution >= 4 is 29.3 Å². The lowest BCUT2D eigenvalue weighted by Gasteiger charge is -2.29. The van der Waals surface area contributed by atoms with Crippen molar-refractivity contribution in [3.05, 3.63) is 83.1 Å². The number of fused-ring (bicyclic) bond motifs is 1. The largest absolute Gasteiger partial charge is 0.506 e. The number of aromatic nitrogens is 1. The maximum atomic E-state index is 13.8. The van der Waals surface area contributed by atoms with Crippen LogP contribution in [0.25, 0.3) is 0 Å². The molecule has 4 rings (SSSR count). The van der Waals surface area contributed by atoms with Gasteiger partial charge in [0.05, 0.1) is 17.6 Å². The Morgan fingerprint density at radius 2 is 1.69 bits per heavy atom. The molecule has 10 nitrogen and oxygen atoms in total. The second-order valence-electron chi connectivity index (χ2n) is 12.3. The van der Waals surface area contributed by atoms with Crippen LogP contribution in [0.1, 0.15) is 38.8 Å². The number of benzene rings is 2. The van der Waals surface area contributed by atoms with Crippen LogP contribution in [-0.4, -0.2) is 64.7 Å². The molecule has 0 radical (unpaired) electrons. The van der Waals surface area contributed by atoms with Crippen molar-refractivity contribution in [2.75, 3.05) is 13.2 Å². The molecule has 1 aliphatic heterocycles. The highest BCUT2D eigenvalue weighted by molar-refractivity contribution is 6.32. The number of amides is 3. The molecule has 5 atom stereocenters. The van der Waals surface area contributed by atoms with Gasteiger partial charge in [0, 0.05) is 25.0 Å². The van der Waals surface area contributed by atoms with Crippen LogP contribution >= 0.6 is 11.6 Å². The van der Waals surface area contributed by atoms with E-state index < -0.39 is 24.0 Å². The Hall–Kier alpha value is -4.02. The van der Waals surface area contributed by atoms with E-state index in [1.165, 1.54) is 6.07 Å². The van der Waals surface area contributed by atoms with Crippen molar-refractivity contribution in [1.82, 2.24) is 25.8 Å². The summed E-state index contributed by atoms with van der Waals surface area (Å²) in [5.41, 5.74) is 1.74. The predicted octanol–water partition coefficient (Wildman–Crippen LogP) is 3.45. The van der Waals surface area contributed by atoms with Gasteiger partial charge in [-0.25, -0.2) is 0 Å². The molecule has 242 valence electrons. The first kappa shape index (κ1) is 33.9. The van der Waals surface area contributed by atoms with Gasteiger partial charge in [-0.05, 0) is 73.1 Å². The highest BCUT2D eigenvalue weighted by atomic mass is 35.5. The summed E-state index contributed by atoms with van der Waals surface area (Å²) in [7, 11) is 0. The van der Waals surface area contributed by atoms with Gasteiger partial charge < -0.3 is 30.4 Å². The van der Waals surface area contributed by atoms with Gasteiger partial charge in [-0.3, -0.25) is 19.7 Å². The number of aromatic hydroxyl groups is 1. The maximum Gasteiger partial charge on any atom is 0.244 e. The summed E-state index contributed by atoms with van der Waals surface area (Å²) in [4.78, 5) is 41.0. The summed E-state index contributed by atoms with van der Waals surface area (Å²) >= 11 is 6.17. The third kappa shape index (κ3) is 9.73. The topological polar surface area (TPSA) is 134 Å². The molecule has 0 bridgehead atoms. The summed E-state index contributed by atoms with van der Waals surface area (Å²) in [6.45, 7) is 8.61. The number of hydrogen-bond acceptors (Lipinski definition) is 6. The molecule has 1 aromatic heterocycles. The number of carbonyl (C=O) groups excluding carboxylic acids is 3. The van der Waals surface area contributed by atoms with E-state index in [1.54, 1.807) is 12.1 Å². The fourth-order valence-electron chi connectivity index (χ4n) is 5.35. The summed E-state index contributed by atoms with van der Waals surface area (Å²) in [6, 6.07) is 13.6. The fourth-order valence-corrected chi connectivity index (χ4v) is 5.56. The molecule has 3 amide bonds. The normalized spacial score (nSPS) is 24.0. The van der Waals surface area contributed by atoms with Crippen molar-refractivity contribution < 1.29 is 24.2 Å². The van der Waals surface area contributed by atoms with Gasteiger partial charge in [0.2, 0.25) is 17.7 Å². The third-order valence-electron chi connectivity index (χ3n) is 7.85. The first-order valence-electron chi connectivity index (χ1n) is 15.4. The molecule has 0 fully saturated rings. The minimum absolute atomic E-state index is 0.0488. The lowest BCUT2D eigenvalue weighted by molar-refractivity contribution is -0.133. The summed E-state index contributed by atoms with van der Waals surface area (Å²) in [5, 5.41) is 22.3. The summed E-state index contributed by atoms with van der Waals surface area (Å²) in [6.07, 6.45) is 4.59. The highest BCUT2D eigenvalue weighted by Crippen LogP contribution is 2.25. The Kier molecular flexibility index (Phi) is 11.9. The van der Waals surface area contributed by atoms with E-state index in [-0.39, 0.29) is 60.0 Å². The Morgan fingerprint density at radius 3 is 2.40 bits per heavy atom. The zero-order chi connectivity index (χ0) is 32.5. The summed E-state index contributed by atoms with van der Waals surface area (Å²) < 4.78 is 8.07. The number of nitrogens with one attached hydrogen (secondary N) is 4. The van der Waals surface area contributed by atoms with Crippen LogP contribution in [0.15, 0.2) is 67.0 Å². The zero-order valence-corrected chi connectivity index (χ0v) is 27.0. The minimum atomic E-state index is -0.901. The monoisotopic (exact) mass is 637 g/mol. The van der Waals surface area contributed by atoms with Crippen molar-refractivity contribution in [2.45, 2.75) is 71.2 Å². The number of carbonyl (C=O) groups is 3. The molecular weight excluding hydrogens is 594 g/mol. The first-order valence-corrected chi connectivity index (χ1v) is 15.8. The Balaban J connectivity index is 1.65. The molecule has 0 saturated carbocycles. The van der Waals surface area contributed by atoms with Gasteiger partial charge in [0.15, 0.2) is 0 Å². The van der Waals surface area contributed by atoms with Crippen LogP contribution < -0.4 is 26.0 Å². The van der Waals surface area contributed by atoms with E-state index in [4.69, 9.17) is 16.3 Å². The van der Waals surface area contributed by atoms with Crippen LogP contribution in [0, 0.1) is 11.8 Å². The van der Waals surface area contributed by atoms with E-state index in [1.807, 2.05) is 74.1 Å². The second-order valence-corrected chi connectivity index (χ2v) is 12.7. The minimum Gasteiger partial charge on any atom is -0.506 e. The van der Waals surface area contributed by atoms with Crippen LogP contribution in [0.4, 0.5) is 0 Å². The van der Waals surface area contributed by atoms with Crippen molar-refractivity contribution in [3.8, 4) is 11.5 Å². The predicted molar refractivity (Wildman–Crippen MR) is 174 cm³/mol. The number of para-hydroxylation sites is 1. The van der Waals surface area contributed by atoms with Gasteiger partial charge in [-0.2, -0.15) is 0 Å². The van der Waals surface area contributed by atoms with Crippen LogP contribution in [-0.2, 0) is 33.8 Å². The molecular formula is C34H44ClN5O5. The molecule has 2 aromatic carbocycles. The number of rotatable bonds is 5. The first-order chi connectivity index (χ1) is 21.5. The molecule has 0 spiro atoms. The average Bonchev–Trinajstić information content (AvgIpc) is 3.52. The Labute approximate surface area is 269 Å². The van der Waals surface area contributed by atoms with Crippen LogP contribution in [0.3, 0.4) is 0 Å². The van der Waals surface area contributed by atoms with E-state index >= 15 is 0 Å². The van der Waals surface area contributed by atoms with Gasteiger partial charge in [0.25, 0.3) is 0 Å². The maximum absolute atomic E-state index is 13.8. The number of phenolic OH excluding ortho intramolecular Hbond substituents is 1. The van der Waals surface area contributed by atoms with Crippen molar-refractivity contribution in [2.24, 2.45) is 11.8 Å². The van der Waals surface area contributed by atoms with E-state index in [9.17, 15) is 19.5 Å². The van der Waals surface area contributed by atoms with Gasteiger partial charge >= 0.3 is 0 Å². The lowest BCUT2D eigenvalue weighted by atomic mass is 9.99. The molecule has 1 aliphatic rings. The standard InChI is InChI=1S/C34H44ClN5O5/c1-21(2)31-34(44)38-28(19-40-13-7-8-14-40)32(42)36-18-22(3)15-25-9-5-6-10-30(25)45-20-23(4)37-27(33(43)39-31)17-24-11-12-29(41)26(35)16-24/h5-14,16,21-23,27-28,31,37,41H,15,17-20H2,1-4H3,(H,36,42)(H,38,44)(H,39,43)/t22-,23-,27+,28-,31+/m0/s1. The number of ether oxygens (including phenoxy) is 1. The number of halogens is 1. The van der Waals surface area contributed by atoms with Gasteiger partial charge in [-0.1, -0.05) is 56.6 Å². The molecule has 0 unspecified atom stereocenters. The highest BCUT2D eigenvalue weighted by Gasteiger charge is 2.32. The van der Waals surface area contributed by atoms with Gasteiger partial charge in [-0.15, -0.1) is 0 Å². The zero-order valence-electron chi connectivity index (χ0n) is 26.3. The fraction of sp³-hybridized carbons (Fsp3) is 0.441.